The number of ether oxygens (including phenoxy) is 1. The standard InChI is InChI=1S/C20H26N4O2/c1-2-21-19(24-10-8-20(14-24)9-11-25-15-20)23-13-18-22-12-17(26-18)16-6-4-3-5-7-16/h3-7,12H,2,8-11,13-15H2,1H3,(H,21,23). The summed E-state index contributed by atoms with van der Waals surface area (Å²) in [6.07, 6.45) is 4.10. The van der Waals surface area contributed by atoms with Gasteiger partial charge < -0.3 is 19.4 Å². The maximum Gasteiger partial charge on any atom is 0.216 e. The molecule has 1 N–H and O–H groups in total. The fourth-order valence-electron chi connectivity index (χ4n) is 3.77. The van der Waals surface area contributed by atoms with Crippen molar-refractivity contribution in [2.24, 2.45) is 10.4 Å². The van der Waals surface area contributed by atoms with Crippen LogP contribution in [0.4, 0.5) is 0 Å². The Morgan fingerprint density at radius 1 is 1.31 bits per heavy atom. The maximum absolute atomic E-state index is 5.87. The zero-order valence-electron chi connectivity index (χ0n) is 15.3. The van der Waals surface area contributed by atoms with E-state index in [9.17, 15) is 0 Å². The van der Waals surface area contributed by atoms with Gasteiger partial charge >= 0.3 is 0 Å². The van der Waals surface area contributed by atoms with Gasteiger partial charge in [0.15, 0.2) is 11.7 Å². The third kappa shape index (κ3) is 3.60. The van der Waals surface area contributed by atoms with E-state index in [1.165, 1.54) is 6.42 Å². The highest BCUT2D eigenvalue weighted by atomic mass is 16.5. The fraction of sp³-hybridized carbons (Fsp3) is 0.500. The van der Waals surface area contributed by atoms with Gasteiger partial charge in [-0.3, -0.25) is 0 Å². The topological polar surface area (TPSA) is 62.9 Å². The second-order valence-electron chi connectivity index (χ2n) is 7.13. The fourth-order valence-corrected chi connectivity index (χ4v) is 3.77. The summed E-state index contributed by atoms with van der Waals surface area (Å²) in [5.74, 6) is 2.36. The molecule has 138 valence electrons. The molecule has 1 unspecified atom stereocenters. The van der Waals surface area contributed by atoms with Crippen molar-refractivity contribution < 1.29 is 9.15 Å². The van der Waals surface area contributed by atoms with Gasteiger partial charge in [0.05, 0.1) is 12.8 Å². The van der Waals surface area contributed by atoms with Gasteiger partial charge in [-0.25, -0.2) is 9.98 Å². The number of oxazole rings is 1. The van der Waals surface area contributed by atoms with Crippen molar-refractivity contribution in [3.63, 3.8) is 0 Å². The largest absolute Gasteiger partial charge is 0.439 e. The van der Waals surface area contributed by atoms with E-state index in [-0.39, 0.29) is 0 Å². The summed E-state index contributed by atoms with van der Waals surface area (Å²) in [6, 6.07) is 10.0. The molecule has 26 heavy (non-hydrogen) atoms. The molecule has 2 aliphatic heterocycles. The number of rotatable bonds is 4. The van der Waals surface area contributed by atoms with Gasteiger partial charge in [0.25, 0.3) is 0 Å². The lowest BCUT2D eigenvalue weighted by molar-refractivity contribution is 0.156. The van der Waals surface area contributed by atoms with E-state index < -0.39 is 0 Å². The summed E-state index contributed by atoms with van der Waals surface area (Å²) in [4.78, 5) is 11.5. The van der Waals surface area contributed by atoms with E-state index in [1.807, 2.05) is 30.3 Å². The van der Waals surface area contributed by atoms with Crippen LogP contribution in [0, 0.1) is 5.41 Å². The molecule has 1 atom stereocenters. The molecule has 6 heteroatoms. The molecular weight excluding hydrogens is 328 g/mol. The molecular formula is C20H26N4O2. The number of guanidine groups is 1. The Morgan fingerprint density at radius 2 is 2.19 bits per heavy atom. The molecule has 4 rings (SSSR count). The molecule has 2 fully saturated rings. The smallest absolute Gasteiger partial charge is 0.216 e. The van der Waals surface area contributed by atoms with E-state index in [0.29, 0.717) is 17.9 Å². The van der Waals surface area contributed by atoms with E-state index in [1.54, 1.807) is 6.20 Å². The quantitative estimate of drug-likeness (QED) is 0.676. The van der Waals surface area contributed by atoms with Crippen molar-refractivity contribution in [2.75, 3.05) is 32.8 Å². The highest BCUT2D eigenvalue weighted by molar-refractivity contribution is 5.80. The summed E-state index contributed by atoms with van der Waals surface area (Å²) in [7, 11) is 0. The lowest BCUT2D eigenvalue weighted by Gasteiger charge is -2.24. The molecule has 6 nitrogen and oxygen atoms in total. The summed E-state index contributed by atoms with van der Waals surface area (Å²) in [6.45, 7) is 7.19. The number of aromatic nitrogens is 1. The summed E-state index contributed by atoms with van der Waals surface area (Å²) < 4.78 is 11.5. The number of nitrogens with zero attached hydrogens (tertiary/aromatic N) is 3. The average molecular weight is 354 g/mol. The van der Waals surface area contributed by atoms with Gasteiger partial charge in [0, 0.05) is 37.2 Å². The molecule has 0 saturated carbocycles. The van der Waals surface area contributed by atoms with Gasteiger partial charge in [-0.15, -0.1) is 0 Å². The van der Waals surface area contributed by atoms with Gasteiger partial charge in [-0.1, -0.05) is 30.3 Å². The van der Waals surface area contributed by atoms with Crippen LogP contribution in [-0.2, 0) is 11.3 Å². The van der Waals surface area contributed by atoms with Crippen LogP contribution < -0.4 is 5.32 Å². The van der Waals surface area contributed by atoms with Crippen LogP contribution in [0.1, 0.15) is 25.7 Å². The van der Waals surface area contributed by atoms with Crippen LogP contribution in [0.15, 0.2) is 45.9 Å². The molecule has 2 aliphatic rings. The normalized spacial score (nSPS) is 23.1. The Bertz CT molecular complexity index is 750. The van der Waals surface area contributed by atoms with Crippen LogP contribution in [0.25, 0.3) is 11.3 Å². The van der Waals surface area contributed by atoms with Crippen molar-refractivity contribution in [3.8, 4) is 11.3 Å². The molecule has 0 bridgehead atoms. The Balaban J connectivity index is 1.44. The number of benzene rings is 1. The molecule has 0 amide bonds. The first kappa shape index (κ1) is 17.1. The van der Waals surface area contributed by atoms with Crippen LogP contribution >= 0.6 is 0 Å². The number of nitrogens with one attached hydrogen (secondary N) is 1. The monoisotopic (exact) mass is 354 g/mol. The van der Waals surface area contributed by atoms with Gasteiger partial charge in [0.1, 0.15) is 6.54 Å². The van der Waals surface area contributed by atoms with Gasteiger partial charge in [-0.2, -0.15) is 0 Å². The SMILES string of the molecule is CCNC(=NCc1ncc(-c2ccccc2)o1)N1CCC2(CCOC2)C1. The Kier molecular flexibility index (Phi) is 4.93. The number of hydrogen-bond donors (Lipinski definition) is 1. The Labute approximate surface area is 154 Å². The lowest BCUT2D eigenvalue weighted by atomic mass is 9.87. The van der Waals surface area contributed by atoms with Crippen molar-refractivity contribution in [2.45, 2.75) is 26.3 Å². The van der Waals surface area contributed by atoms with E-state index >= 15 is 0 Å². The van der Waals surface area contributed by atoms with Crippen LogP contribution in [-0.4, -0.2) is 48.7 Å². The summed E-state index contributed by atoms with van der Waals surface area (Å²) >= 11 is 0. The van der Waals surface area contributed by atoms with Gasteiger partial charge in [-0.05, 0) is 19.8 Å². The van der Waals surface area contributed by atoms with Crippen molar-refractivity contribution in [1.82, 2.24) is 15.2 Å². The molecule has 1 aromatic heterocycles. The predicted octanol–water partition coefficient (Wildman–Crippen LogP) is 2.92. The second kappa shape index (κ2) is 7.50. The molecule has 1 spiro atoms. The van der Waals surface area contributed by atoms with Crippen LogP contribution in [0.5, 0.6) is 0 Å². The zero-order chi connectivity index (χ0) is 17.8. The first-order chi connectivity index (χ1) is 12.8. The minimum Gasteiger partial charge on any atom is -0.439 e. The predicted molar refractivity (Wildman–Crippen MR) is 101 cm³/mol. The molecule has 3 heterocycles. The lowest BCUT2D eigenvalue weighted by Crippen LogP contribution is -2.41. The molecule has 0 aliphatic carbocycles. The minimum atomic E-state index is 0.319. The van der Waals surface area contributed by atoms with E-state index in [0.717, 1.165) is 56.6 Å². The first-order valence-electron chi connectivity index (χ1n) is 9.39. The van der Waals surface area contributed by atoms with E-state index in [2.05, 4.69) is 22.1 Å². The third-order valence-corrected chi connectivity index (χ3v) is 5.23. The highest BCUT2D eigenvalue weighted by Gasteiger charge is 2.42. The highest BCUT2D eigenvalue weighted by Crippen LogP contribution is 2.38. The minimum absolute atomic E-state index is 0.319. The van der Waals surface area contributed by atoms with E-state index in [4.69, 9.17) is 14.1 Å². The third-order valence-electron chi connectivity index (χ3n) is 5.23. The van der Waals surface area contributed by atoms with Crippen LogP contribution in [0.2, 0.25) is 0 Å². The first-order valence-corrected chi connectivity index (χ1v) is 9.39. The maximum atomic E-state index is 5.87. The summed E-state index contributed by atoms with van der Waals surface area (Å²) in [5.41, 5.74) is 1.35. The molecule has 2 saturated heterocycles. The van der Waals surface area contributed by atoms with Crippen molar-refractivity contribution >= 4 is 5.96 Å². The number of hydrogen-bond acceptors (Lipinski definition) is 4. The molecule has 0 radical (unpaired) electrons. The number of likely N-dealkylation sites (tertiary alicyclic amines) is 1. The van der Waals surface area contributed by atoms with Crippen molar-refractivity contribution in [1.29, 1.82) is 0 Å². The van der Waals surface area contributed by atoms with Crippen molar-refractivity contribution in [3.05, 3.63) is 42.4 Å². The number of aliphatic imine (C=N–C) groups is 1. The molecule has 1 aromatic carbocycles. The summed E-state index contributed by atoms with van der Waals surface area (Å²) in [5, 5.41) is 3.41. The van der Waals surface area contributed by atoms with Gasteiger partial charge in [0.2, 0.25) is 5.89 Å². The average Bonchev–Trinajstić information content (AvgIpc) is 3.42. The molecule has 2 aromatic rings. The zero-order valence-corrected chi connectivity index (χ0v) is 15.3. The van der Waals surface area contributed by atoms with Crippen LogP contribution in [0.3, 0.4) is 0 Å². The second-order valence-corrected chi connectivity index (χ2v) is 7.13. The Morgan fingerprint density at radius 3 is 2.96 bits per heavy atom. The Hall–Kier alpha value is -2.34.